The predicted octanol–water partition coefficient (Wildman–Crippen LogP) is 4.36. The Morgan fingerprint density at radius 1 is 1.03 bits per heavy atom. The Balaban J connectivity index is 1.64. The Hall–Kier alpha value is -2.97. The molecule has 0 aliphatic heterocycles. The van der Waals surface area contributed by atoms with Crippen LogP contribution in [0.15, 0.2) is 76.2 Å². The smallest absolute Gasteiger partial charge is 0.242 e. The highest BCUT2D eigenvalue weighted by Crippen LogP contribution is 2.21. The zero-order chi connectivity index (χ0) is 22.4. The standard InChI is InChI=1S/C23H25FN2O4S/c1-18-7-11-20(12-8-18)26(17-21-5-4-16-30-21)23(27)6-3-15-25(2)31(28,29)22-13-9-19(24)10-14-22/h4-5,7-14,16H,3,6,15,17H2,1-2H3. The number of amides is 1. The van der Waals surface area contributed by atoms with Crippen LogP contribution in [0, 0.1) is 12.7 Å². The number of furan rings is 1. The summed E-state index contributed by atoms with van der Waals surface area (Å²) in [5.41, 5.74) is 1.83. The third-order valence-electron chi connectivity index (χ3n) is 4.93. The second-order valence-corrected chi connectivity index (χ2v) is 9.32. The molecule has 0 radical (unpaired) electrons. The van der Waals surface area contributed by atoms with Gasteiger partial charge in [0.15, 0.2) is 0 Å². The van der Waals surface area contributed by atoms with Gasteiger partial charge in [0.2, 0.25) is 15.9 Å². The van der Waals surface area contributed by atoms with E-state index in [1.54, 1.807) is 23.3 Å². The SMILES string of the molecule is Cc1ccc(N(Cc2ccco2)C(=O)CCCN(C)S(=O)(=O)c2ccc(F)cc2)cc1. The molecule has 0 saturated heterocycles. The van der Waals surface area contributed by atoms with Crippen molar-refractivity contribution in [3.63, 3.8) is 0 Å². The van der Waals surface area contributed by atoms with Crippen LogP contribution in [0.3, 0.4) is 0 Å². The lowest BCUT2D eigenvalue weighted by atomic mass is 10.2. The van der Waals surface area contributed by atoms with Crippen LogP contribution < -0.4 is 4.90 Å². The Bertz CT molecular complexity index is 1100. The molecule has 0 atom stereocenters. The maximum atomic E-state index is 13.1. The molecule has 164 valence electrons. The largest absolute Gasteiger partial charge is 0.467 e. The van der Waals surface area contributed by atoms with Crippen LogP contribution >= 0.6 is 0 Å². The highest BCUT2D eigenvalue weighted by molar-refractivity contribution is 7.89. The van der Waals surface area contributed by atoms with Crippen molar-refractivity contribution in [2.75, 3.05) is 18.5 Å². The molecule has 0 spiro atoms. The van der Waals surface area contributed by atoms with E-state index in [2.05, 4.69) is 0 Å². The van der Waals surface area contributed by atoms with Crippen LogP contribution in [-0.2, 0) is 21.4 Å². The number of hydrogen-bond donors (Lipinski definition) is 0. The molecule has 0 bridgehead atoms. The highest BCUT2D eigenvalue weighted by atomic mass is 32.2. The lowest BCUT2D eigenvalue weighted by molar-refractivity contribution is -0.118. The molecule has 1 aromatic heterocycles. The number of halogens is 1. The maximum Gasteiger partial charge on any atom is 0.242 e. The summed E-state index contributed by atoms with van der Waals surface area (Å²) < 4.78 is 44.9. The molecule has 0 aliphatic carbocycles. The van der Waals surface area contributed by atoms with Crippen molar-refractivity contribution in [1.29, 1.82) is 0 Å². The highest BCUT2D eigenvalue weighted by Gasteiger charge is 2.22. The average molecular weight is 445 g/mol. The minimum Gasteiger partial charge on any atom is -0.467 e. The average Bonchev–Trinajstić information content (AvgIpc) is 3.26. The number of rotatable bonds is 9. The molecule has 1 heterocycles. The van der Waals surface area contributed by atoms with E-state index in [0.717, 1.165) is 23.4 Å². The fourth-order valence-corrected chi connectivity index (χ4v) is 4.31. The van der Waals surface area contributed by atoms with Crippen molar-refractivity contribution < 1.29 is 22.0 Å². The van der Waals surface area contributed by atoms with Crippen LogP contribution in [0.2, 0.25) is 0 Å². The Morgan fingerprint density at radius 3 is 2.32 bits per heavy atom. The lowest BCUT2D eigenvalue weighted by Gasteiger charge is -2.23. The van der Waals surface area contributed by atoms with Crippen LogP contribution in [0.4, 0.5) is 10.1 Å². The first-order valence-electron chi connectivity index (χ1n) is 9.89. The van der Waals surface area contributed by atoms with Gasteiger partial charge in [0, 0.05) is 25.7 Å². The molecular weight excluding hydrogens is 419 g/mol. The molecule has 0 aliphatic rings. The molecule has 31 heavy (non-hydrogen) atoms. The molecular formula is C23H25FN2O4S. The number of aryl methyl sites for hydroxylation is 1. The van der Waals surface area contributed by atoms with Gasteiger partial charge in [-0.2, -0.15) is 0 Å². The van der Waals surface area contributed by atoms with Crippen molar-refractivity contribution in [2.24, 2.45) is 0 Å². The van der Waals surface area contributed by atoms with Crippen LogP contribution in [-0.4, -0.2) is 32.2 Å². The summed E-state index contributed by atoms with van der Waals surface area (Å²) in [4.78, 5) is 14.6. The molecule has 1 amide bonds. The summed E-state index contributed by atoms with van der Waals surface area (Å²) in [6.45, 7) is 2.42. The normalized spacial score (nSPS) is 11.6. The van der Waals surface area contributed by atoms with E-state index in [-0.39, 0.29) is 23.8 Å². The Labute approximate surface area is 182 Å². The van der Waals surface area contributed by atoms with Gasteiger partial charge in [-0.1, -0.05) is 17.7 Å². The number of sulfonamides is 1. The first kappa shape index (κ1) is 22.7. The minimum atomic E-state index is -3.75. The van der Waals surface area contributed by atoms with Crippen molar-refractivity contribution >= 4 is 21.6 Å². The summed E-state index contributed by atoms with van der Waals surface area (Å²) in [5.74, 6) is 0.0257. The molecule has 3 rings (SSSR count). The van der Waals surface area contributed by atoms with E-state index in [1.807, 2.05) is 31.2 Å². The van der Waals surface area contributed by atoms with Crippen molar-refractivity contribution in [1.82, 2.24) is 4.31 Å². The molecule has 0 unspecified atom stereocenters. The quantitative estimate of drug-likeness (QED) is 0.492. The molecule has 3 aromatic rings. The summed E-state index contributed by atoms with van der Waals surface area (Å²) in [7, 11) is -2.30. The molecule has 0 N–H and O–H groups in total. The fourth-order valence-electron chi connectivity index (χ4n) is 3.10. The van der Waals surface area contributed by atoms with Gasteiger partial charge >= 0.3 is 0 Å². The van der Waals surface area contributed by atoms with E-state index >= 15 is 0 Å². The Kier molecular flexibility index (Phi) is 7.25. The van der Waals surface area contributed by atoms with Crippen LogP contribution in [0.5, 0.6) is 0 Å². The predicted molar refractivity (Wildman–Crippen MR) is 117 cm³/mol. The fraction of sp³-hybridized carbons (Fsp3) is 0.261. The zero-order valence-corrected chi connectivity index (χ0v) is 18.3. The number of anilines is 1. The molecule has 2 aromatic carbocycles. The number of nitrogens with zero attached hydrogens (tertiary/aromatic N) is 2. The van der Waals surface area contributed by atoms with Gasteiger partial charge < -0.3 is 9.32 Å². The second-order valence-electron chi connectivity index (χ2n) is 7.28. The van der Waals surface area contributed by atoms with Crippen molar-refractivity contribution in [3.8, 4) is 0 Å². The number of hydrogen-bond acceptors (Lipinski definition) is 4. The van der Waals surface area contributed by atoms with Gasteiger partial charge in [-0.15, -0.1) is 0 Å². The summed E-state index contributed by atoms with van der Waals surface area (Å²) in [6.07, 6.45) is 2.07. The van der Waals surface area contributed by atoms with E-state index < -0.39 is 15.8 Å². The van der Waals surface area contributed by atoms with Crippen molar-refractivity contribution in [3.05, 3.63) is 84.1 Å². The first-order valence-corrected chi connectivity index (χ1v) is 11.3. The van der Waals surface area contributed by atoms with Gasteiger partial charge in [-0.05, 0) is 61.9 Å². The maximum absolute atomic E-state index is 13.1. The van der Waals surface area contributed by atoms with E-state index in [0.29, 0.717) is 18.7 Å². The molecule has 8 heteroatoms. The first-order chi connectivity index (χ1) is 14.8. The number of carbonyl (C=O) groups is 1. The molecule has 6 nitrogen and oxygen atoms in total. The zero-order valence-electron chi connectivity index (χ0n) is 17.5. The third-order valence-corrected chi connectivity index (χ3v) is 6.80. The molecule has 0 fully saturated rings. The van der Waals surface area contributed by atoms with Gasteiger partial charge in [0.1, 0.15) is 11.6 Å². The van der Waals surface area contributed by atoms with Gasteiger partial charge in [-0.3, -0.25) is 4.79 Å². The topological polar surface area (TPSA) is 70.8 Å². The van der Waals surface area contributed by atoms with Gasteiger partial charge in [0.05, 0.1) is 17.7 Å². The monoisotopic (exact) mass is 444 g/mol. The van der Waals surface area contributed by atoms with Crippen LogP contribution in [0.25, 0.3) is 0 Å². The number of carbonyl (C=O) groups excluding carboxylic acids is 1. The summed E-state index contributed by atoms with van der Waals surface area (Å²) >= 11 is 0. The number of benzene rings is 2. The summed E-state index contributed by atoms with van der Waals surface area (Å²) in [6, 6.07) is 15.9. The van der Waals surface area contributed by atoms with E-state index in [9.17, 15) is 17.6 Å². The lowest BCUT2D eigenvalue weighted by Crippen LogP contribution is -2.32. The summed E-state index contributed by atoms with van der Waals surface area (Å²) in [5, 5.41) is 0. The second kappa shape index (κ2) is 9.89. The van der Waals surface area contributed by atoms with Gasteiger partial charge in [0.25, 0.3) is 0 Å². The minimum absolute atomic E-state index is 0.0156. The Morgan fingerprint density at radius 2 is 1.71 bits per heavy atom. The third kappa shape index (κ3) is 5.80. The van der Waals surface area contributed by atoms with Crippen molar-refractivity contribution in [2.45, 2.75) is 31.2 Å². The van der Waals surface area contributed by atoms with Gasteiger partial charge in [-0.25, -0.2) is 17.1 Å². The van der Waals surface area contributed by atoms with E-state index in [4.69, 9.17) is 4.42 Å². The van der Waals surface area contributed by atoms with E-state index in [1.165, 1.54) is 23.5 Å². The molecule has 0 saturated carbocycles. The van der Waals surface area contributed by atoms with Crippen LogP contribution in [0.1, 0.15) is 24.2 Å².